The Morgan fingerprint density at radius 3 is 1.97 bits per heavy atom. The van der Waals surface area contributed by atoms with E-state index in [2.05, 4.69) is 38.1 Å². The van der Waals surface area contributed by atoms with Gasteiger partial charge in [-0.25, -0.2) is 4.79 Å². The molecular formula is C28H30F3O3S+. The fourth-order valence-electron chi connectivity index (χ4n) is 4.99. The normalized spacial score (nSPS) is 15.3. The average Bonchev–Trinajstić information content (AvgIpc) is 3.39. The molecule has 1 heterocycles. The summed E-state index contributed by atoms with van der Waals surface area (Å²) in [6.07, 6.45) is -1.55. The summed E-state index contributed by atoms with van der Waals surface area (Å²) in [4.78, 5) is 16.7. The van der Waals surface area contributed by atoms with Gasteiger partial charge in [0, 0.05) is 36.5 Å². The van der Waals surface area contributed by atoms with E-state index in [0.29, 0.717) is 24.2 Å². The summed E-state index contributed by atoms with van der Waals surface area (Å²) in [5, 5.41) is 0. The highest BCUT2D eigenvalue weighted by Crippen LogP contribution is 2.44. The first-order chi connectivity index (χ1) is 16.5. The predicted octanol–water partition coefficient (Wildman–Crippen LogP) is 8.07. The van der Waals surface area contributed by atoms with E-state index in [1.54, 1.807) is 0 Å². The van der Waals surface area contributed by atoms with Crippen molar-refractivity contribution in [2.75, 3.05) is 6.61 Å². The van der Waals surface area contributed by atoms with E-state index in [4.69, 9.17) is 9.47 Å². The molecule has 1 aromatic heterocycles. The molecular weight excluding hydrogens is 473 g/mol. The second-order valence-electron chi connectivity index (χ2n) is 9.29. The van der Waals surface area contributed by atoms with Crippen molar-refractivity contribution < 1.29 is 27.4 Å². The number of hydrogen-bond donors (Lipinski definition) is 0. The van der Waals surface area contributed by atoms with Gasteiger partial charge in [-0.2, -0.15) is 13.2 Å². The highest BCUT2D eigenvalue weighted by Gasteiger charge is 2.40. The van der Waals surface area contributed by atoms with Gasteiger partial charge in [-0.3, -0.25) is 0 Å². The van der Waals surface area contributed by atoms with Gasteiger partial charge in [-0.15, -0.1) is 0 Å². The molecule has 0 bridgehead atoms. The molecule has 1 fully saturated rings. The molecule has 0 radical (unpaired) electrons. The number of esters is 1. The molecule has 7 heteroatoms. The Hall–Kier alpha value is -2.80. The van der Waals surface area contributed by atoms with Crippen molar-refractivity contribution >= 4 is 16.4 Å². The monoisotopic (exact) mass is 503 g/mol. The summed E-state index contributed by atoms with van der Waals surface area (Å²) in [6, 6.07) is 13.5. The smallest absolute Gasteiger partial charge is 0.416 e. The van der Waals surface area contributed by atoms with Crippen LogP contribution in [-0.4, -0.2) is 12.6 Å². The zero-order chi connectivity index (χ0) is 25.4. The summed E-state index contributed by atoms with van der Waals surface area (Å²) in [5.41, 5.74) is 0.873. The van der Waals surface area contributed by atoms with Crippen LogP contribution >= 0.6 is 10.5 Å². The van der Waals surface area contributed by atoms with E-state index in [1.807, 2.05) is 13.8 Å². The Bertz CT molecular complexity index is 1180. The lowest BCUT2D eigenvalue weighted by Crippen LogP contribution is -2.32. The minimum Gasteiger partial charge on any atom is -0.481 e. The van der Waals surface area contributed by atoms with Gasteiger partial charge in [0.15, 0.2) is 21.3 Å². The fraction of sp³-hybridized carbons (Fsp3) is 0.393. The third kappa shape index (κ3) is 5.25. The minimum atomic E-state index is -4.40. The second kappa shape index (κ2) is 9.69. The Morgan fingerprint density at radius 2 is 1.46 bits per heavy atom. The SMILES string of the molecule is Cc1cc(-[s+]2c(C)ccc2C)cc(C)c1OCC(=O)OC1(c2ccc(C(F)(F)F)cc2)CCCC1. The number of thiophene rings is 1. The fourth-order valence-corrected chi connectivity index (χ4v) is 7.24. The van der Waals surface area contributed by atoms with E-state index in [9.17, 15) is 18.0 Å². The van der Waals surface area contributed by atoms with Crippen LogP contribution in [0.2, 0.25) is 0 Å². The van der Waals surface area contributed by atoms with Crippen LogP contribution in [0.3, 0.4) is 0 Å². The van der Waals surface area contributed by atoms with Crippen molar-refractivity contribution in [1.29, 1.82) is 0 Å². The third-order valence-electron chi connectivity index (χ3n) is 6.66. The zero-order valence-electron chi connectivity index (χ0n) is 20.4. The van der Waals surface area contributed by atoms with Crippen LogP contribution in [0.15, 0.2) is 48.5 Å². The maximum atomic E-state index is 13.0. The summed E-state index contributed by atoms with van der Waals surface area (Å²) in [7, 11) is -0.0547. The number of aryl methyl sites for hydroxylation is 4. The third-order valence-corrected chi connectivity index (χ3v) is 8.93. The Balaban J connectivity index is 1.48. The van der Waals surface area contributed by atoms with Crippen LogP contribution < -0.4 is 4.74 Å². The molecule has 0 spiro atoms. The van der Waals surface area contributed by atoms with Gasteiger partial charge >= 0.3 is 12.1 Å². The molecule has 0 unspecified atom stereocenters. The lowest BCUT2D eigenvalue weighted by Gasteiger charge is -2.30. The molecule has 0 amide bonds. The van der Waals surface area contributed by atoms with Gasteiger partial charge in [0.25, 0.3) is 0 Å². The molecule has 1 aliphatic carbocycles. The number of hydrogen-bond acceptors (Lipinski definition) is 3. The highest BCUT2D eigenvalue weighted by molar-refractivity contribution is 7.39. The number of alkyl halides is 3. The number of carbonyl (C=O) groups excluding carboxylic acids is 1. The molecule has 3 aromatic rings. The van der Waals surface area contributed by atoms with Crippen molar-refractivity contribution in [3.63, 3.8) is 0 Å². The summed E-state index contributed by atoms with van der Waals surface area (Å²) >= 11 is 0. The number of ether oxygens (including phenoxy) is 2. The molecule has 1 saturated carbocycles. The van der Waals surface area contributed by atoms with Crippen LogP contribution in [-0.2, 0) is 21.3 Å². The topological polar surface area (TPSA) is 35.5 Å². The average molecular weight is 504 g/mol. The predicted molar refractivity (Wildman–Crippen MR) is 132 cm³/mol. The van der Waals surface area contributed by atoms with E-state index in [-0.39, 0.29) is 17.1 Å². The molecule has 1 aliphatic rings. The maximum Gasteiger partial charge on any atom is 0.416 e. The molecule has 186 valence electrons. The first-order valence-electron chi connectivity index (χ1n) is 11.7. The Labute approximate surface area is 206 Å². The lowest BCUT2D eigenvalue weighted by molar-refractivity contribution is -0.163. The van der Waals surface area contributed by atoms with E-state index < -0.39 is 23.3 Å². The number of benzene rings is 2. The van der Waals surface area contributed by atoms with Crippen molar-refractivity contribution in [3.8, 4) is 10.6 Å². The summed E-state index contributed by atoms with van der Waals surface area (Å²) in [6.45, 7) is 7.95. The van der Waals surface area contributed by atoms with Gasteiger partial charge < -0.3 is 9.47 Å². The van der Waals surface area contributed by atoms with Crippen molar-refractivity contribution in [1.82, 2.24) is 0 Å². The standard InChI is InChI=1S/C28H30F3O3S/c1-18-15-24(35-20(3)7-8-21(35)4)16-19(2)26(18)33-17-25(32)34-27(13-5-6-14-27)22-9-11-23(12-10-22)28(29,30)31/h7-12,15-16H,5-6,13-14,17H2,1-4H3/q+1. The molecule has 3 nitrogen and oxygen atoms in total. The first-order valence-corrected chi connectivity index (χ1v) is 13.0. The molecule has 0 atom stereocenters. The van der Waals surface area contributed by atoms with Crippen LogP contribution in [0, 0.1) is 27.7 Å². The van der Waals surface area contributed by atoms with Gasteiger partial charge in [0.2, 0.25) is 0 Å². The number of rotatable bonds is 6. The molecule has 4 rings (SSSR count). The van der Waals surface area contributed by atoms with Crippen LogP contribution in [0.25, 0.3) is 4.90 Å². The molecule has 0 aliphatic heterocycles. The van der Waals surface area contributed by atoms with Gasteiger partial charge in [-0.1, -0.05) is 12.1 Å². The van der Waals surface area contributed by atoms with E-state index in [0.717, 1.165) is 36.1 Å². The van der Waals surface area contributed by atoms with Crippen LogP contribution in [0.4, 0.5) is 13.2 Å². The van der Waals surface area contributed by atoms with E-state index in [1.165, 1.54) is 26.8 Å². The largest absolute Gasteiger partial charge is 0.481 e. The molecule has 35 heavy (non-hydrogen) atoms. The zero-order valence-corrected chi connectivity index (χ0v) is 21.2. The molecule has 0 saturated heterocycles. The highest BCUT2D eigenvalue weighted by atomic mass is 32.2. The molecule has 2 aromatic carbocycles. The first kappa shape index (κ1) is 25.3. The maximum absolute atomic E-state index is 13.0. The number of halogens is 3. The van der Waals surface area contributed by atoms with Crippen LogP contribution in [0.5, 0.6) is 5.75 Å². The van der Waals surface area contributed by atoms with E-state index >= 15 is 0 Å². The summed E-state index contributed by atoms with van der Waals surface area (Å²) < 4.78 is 50.7. The van der Waals surface area contributed by atoms with Crippen molar-refractivity contribution in [2.45, 2.75) is 65.2 Å². The van der Waals surface area contributed by atoms with Crippen molar-refractivity contribution in [3.05, 3.63) is 80.5 Å². The van der Waals surface area contributed by atoms with Gasteiger partial charge in [0.05, 0.1) is 5.56 Å². The lowest BCUT2D eigenvalue weighted by atomic mass is 9.91. The molecule has 0 N–H and O–H groups in total. The summed E-state index contributed by atoms with van der Waals surface area (Å²) in [5.74, 6) is 0.136. The number of carbonyl (C=O) groups is 1. The quantitative estimate of drug-likeness (QED) is 0.252. The van der Waals surface area contributed by atoms with Crippen molar-refractivity contribution in [2.24, 2.45) is 0 Å². The second-order valence-corrected chi connectivity index (χ2v) is 11.7. The van der Waals surface area contributed by atoms with Gasteiger partial charge in [-0.05, 0) is 80.5 Å². The minimum absolute atomic E-state index is 0.0547. The van der Waals surface area contributed by atoms with Crippen LogP contribution in [0.1, 0.15) is 57.7 Å². The van der Waals surface area contributed by atoms with Gasteiger partial charge in [0.1, 0.15) is 11.4 Å². The Morgan fingerprint density at radius 1 is 0.914 bits per heavy atom. The Kier molecular flexibility index (Phi) is 7.00.